The Hall–Kier alpha value is -1.94. The number of aromatic nitrogens is 2. The molecular weight excluding hydrogens is 216 g/mol. The summed E-state index contributed by atoms with van der Waals surface area (Å²) in [5.41, 5.74) is 1.93. The minimum absolute atomic E-state index is 0.0924. The maximum atomic E-state index is 8.96. The molecule has 0 radical (unpaired) electrons. The van der Waals surface area contributed by atoms with E-state index in [1.165, 1.54) is 0 Å². The zero-order valence-electron chi connectivity index (χ0n) is 9.63. The molecule has 0 aliphatic heterocycles. The summed E-state index contributed by atoms with van der Waals surface area (Å²) in [4.78, 5) is 8.16. The minimum atomic E-state index is 0.0924. The van der Waals surface area contributed by atoms with Crippen molar-refractivity contribution in [2.75, 3.05) is 6.61 Å². The molecule has 0 saturated heterocycles. The average Bonchev–Trinajstić information content (AvgIpc) is 2.35. The summed E-state index contributed by atoms with van der Waals surface area (Å²) in [6, 6.07) is 7.87. The number of aliphatic hydroxyl groups is 1. The topological polar surface area (TPSA) is 55.2 Å². The molecule has 4 heteroatoms. The molecule has 0 saturated carbocycles. The van der Waals surface area contributed by atoms with Crippen molar-refractivity contribution in [2.45, 2.75) is 13.3 Å². The molecule has 0 spiro atoms. The third-order valence-electron chi connectivity index (χ3n) is 2.31. The zero-order chi connectivity index (χ0) is 12.1. The lowest BCUT2D eigenvalue weighted by molar-refractivity contribution is 0.297. The normalized spacial score (nSPS) is 10.2. The van der Waals surface area contributed by atoms with E-state index in [1.807, 2.05) is 31.2 Å². The molecule has 4 nitrogen and oxygen atoms in total. The second-order valence-electron chi connectivity index (χ2n) is 3.73. The van der Waals surface area contributed by atoms with Crippen LogP contribution in [0.25, 0.3) is 0 Å². The molecule has 1 N–H and O–H groups in total. The van der Waals surface area contributed by atoms with E-state index in [2.05, 4.69) is 9.97 Å². The molecule has 2 rings (SSSR count). The number of hydrogen-bond donors (Lipinski definition) is 1. The van der Waals surface area contributed by atoms with Crippen LogP contribution in [0, 0.1) is 6.92 Å². The SMILES string of the molecule is Cc1cnc(Oc2ccccc2CCO)nc1. The molecule has 0 aliphatic carbocycles. The zero-order valence-corrected chi connectivity index (χ0v) is 9.63. The maximum Gasteiger partial charge on any atom is 0.321 e. The van der Waals surface area contributed by atoms with Gasteiger partial charge in [-0.15, -0.1) is 0 Å². The van der Waals surface area contributed by atoms with Crippen LogP contribution >= 0.6 is 0 Å². The van der Waals surface area contributed by atoms with Crippen molar-refractivity contribution in [3.63, 3.8) is 0 Å². The number of nitrogens with zero attached hydrogens (tertiary/aromatic N) is 2. The van der Waals surface area contributed by atoms with E-state index in [1.54, 1.807) is 12.4 Å². The molecule has 0 fully saturated rings. The maximum absolute atomic E-state index is 8.96. The molecular formula is C13H14N2O2. The van der Waals surface area contributed by atoms with Crippen molar-refractivity contribution in [1.82, 2.24) is 9.97 Å². The number of aliphatic hydroxyl groups excluding tert-OH is 1. The van der Waals surface area contributed by atoms with Gasteiger partial charge in [-0.3, -0.25) is 0 Å². The fraction of sp³-hybridized carbons (Fsp3) is 0.231. The highest BCUT2D eigenvalue weighted by Gasteiger charge is 2.05. The van der Waals surface area contributed by atoms with Gasteiger partial charge in [0.25, 0.3) is 0 Å². The first-order chi connectivity index (χ1) is 8.29. The first kappa shape index (κ1) is 11.5. The van der Waals surface area contributed by atoms with Crippen molar-refractivity contribution < 1.29 is 9.84 Å². The van der Waals surface area contributed by atoms with Gasteiger partial charge in [-0.25, -0.2) is 9.97 Å². The minimum Gasteiger partial charge on any atom is -0.424 e. The van der Waals surface area contributed by atoms with Gasteiger partial charge in [0.1, 0.15) is 5.75 Å². The lowest BCUT2D eigenvalue weighted by atomic mass is 10.1. The molecule has 0 bridgehead atoms. The molecule has 0 aliphatic rings. The second kappa shape index (κ2) is 5.41. The van der Waals surface area contributed by atoms with Gasteiger partial charge >= 0.3 is 6.01 Å². The van der Waals surface area contributed by atoms with Gasteiger partial charge in [0, 0.05) is 19.0 Å². The summed E-state index contributed by atoms with van der Waals surface area (Å²) in [5.74, 6) is 0.686. The monoisotopic (exact) mass is 230 g/mol. The highest BCUT2D eigenvalue weighted by Crippen LogP contribution is 2.22. The Labute approximate surface area is 99.9 Å². The predicted octanol–water partition coefficient (Wildman–Crippen LogP) is 2.11. The lowest BCUT2D eigenvalue weighted by Crippen LogP contribution is -1.97. The Kier molecular flexibility index (Phi) is 3.67. The van der Waals surface area contributed by atoms with E-state index < -0.39 is 0 Å². The number of ether oxygens (including phenoxy) is 1. The average molecular weight is 230 g/mol. The van der Waals surface area contributed by atoms with Gasteiger partial charge in [-0.2, -0.15) is 0 Å². The molecule has 17 heavy (non-hydrogen) atoms. The van der Waals surface area contributed by atoms with Crippen molar-refractivity contribution in [3.8, 4) is 11.8 Å². The van der Waals surface area contributed by atoms with Crippen LogP contribution in [-0.2, 0) is 6.42 Å². The molecule has 0 atom stereocenters. The van der Waals surface area contributed by atoms with Gasteiger partial charge in [-0.05, 0) is 30.5 Å². The standard InChI is InChI=1S/C13H14N2O2/c1-10-8-14-13(15-9-10)17-12-5-3-2-4-11(12)6-7-16/h2-5,8-9,16H,6-7H2,1H3. The summed E-state index contributed by atoms with van der Waals surface area (Å²) in [6.45, 7) is 2.01. The van der Waals surface area contributed by atoms with E-state index in [9.17, 15) is 0 Å². The Morgan fingerprint density at radius 1 is 1.18 bits per heavy atom. The van der Waals surface area contributed by atoms with Crippen LogP contribution in [0.5, 0.6) is 11.8 Å². The number of para-hydroxylation sites is 1. The molecule has 0 unspecified atom stereocenters. The van der Waals surface area contributed by atoms with Crippen LogP contribution in [0.15, 0.2) is 36.7 Å². The second-order valence-corrected chi connectivity index (χ2v) is 3.73. The number of benzene rings is 1. The fourth-order valence-corrected chi connectivity index (χ4v) is 1.46. The van der Waals surface area contributed by atoms with E-state index in [0.717, 1.165) is 11.1 Å². The van der Waals surface area contributed by atoms with E-state index in [4.69, 9.17) is 9.84 Å². The van der Waals surface area contributed by atoms with Gasteiger partial charge in [0.2, 0.25) is 0 Å². The van der Waals surface area contributed by atoms with Crippen LogP contribution in [0.4, 0.5) is 0 Å². The smallest absolute Gasteiger partial charge is 0.321 e. The summed E-state index contributed by atoms with van der Waals surface area (Å²) in [5, 5.41) is 8.96. The molecule has 1 aromatic heterocycles. The van der Waals surface area contributed by atoms with Crippen molar-refractivity contribution >= 4 is 0 Å². The van der Waals surface area contributed by atoms with Crippen LogP contribution < -0.4 is 4.74 Å². The predicted molar refractivity (Wildman–Crippen MR) is 64.1 cm³/mol. The summed E-state index contributed by atoms with van der Waals surface area (Å²) in [7, 11) is 0. The lowest BCUT2D eigenvalue weighted by Gasteiger charge is -2.08. The fourth-order valence-electron chi connectivity index (χ4n) is 1.46. The van der Waals surface area contributed by atoms with Crippen LogP contribution in [0.2, 0.25) is 0 Å². The first-order valence-electron chi connectivity index (χ1n) is 5.45. The van der Waals surface area contributed by atoms with Crippen LogP contribution in [0.1, 0.15) is 11.1 Å². The Balaban J connectivity index is 2.20. The molecule has 1 aromatic carbocycles. The van der Waals surface area contributed by atoms with Crippen molar-refractivity contribution in [1.29, 1.82) is 0 Å². The molecule has 2 aromatic rings. The summed E-state index contributed by atoms with van der Waals surface area (Å²) >= 11 is 0. The molecule has 0 amide bonds. The van der Waals surface area contributed by atoms with Gasteiger partial charge in [0.15, 0.2) is 0 Å². The third-order valence-corrected chi connectivity index (χ3v) is 2.31. The van der Waals surface area contributed by atoms with Gasteiger partial charge < -0.3 is 9.84 Å². The van der Waals surface area contributed by atoms with Crippen molar-refractivity contribution in [3.05, 3.63) is 47.8 Å². The largest absolute Gasteiger partial charge is 0.424 e. The highest BCUT2D eigenvalue weighted by atomic mass is 16.5. The van der Waals surface area contributed by atoms with Crippen LogP contribution in [0.3, 0.4) is 0 Å². The van der Waals surface area contributed by atoms with Crippen molar-refractivity contribution in [2.24, 2.45) is 0 Å². The van der Waals surface area contributed by atoms with Crippen LogP contribution in [-0.4, -0.2) is 21.7 Å². The Bertz CT molecular complexity index is 483. The van der Waals surface area contributed by atoms with Gasteiger partial charge in [-0.1, -0.05) is 18.2 Å². The summed E-state index contributed by atoms with van der Waals surface area (Å²) in [6.07, 6.45) is 3.97. The number of aryl methyl sites for hydroxylation is 1. The molecule has 1 heterocycles. The number of rotatable bonds is 4. The van der Waals surface area contributed by atoms with E-state index >= 15 is 0 Å². The molecule has 88 valence electrons. The van der Waals surface area contributed by atoms with E-state index in [0.29, 0.717) is 18.2 Å². The first-order valence-corrected chi connectivity index (χ1v) is 5.45. The highest BCUT2D eigenvalue weighted by molar-refractivity contribution is 5.35. The third kappa shape index (κ3) is 3.01. The Morgan fingerprint density at radius 2 is 1.88 bits per heavy atom. The van der Waals surface area contributed by atoms with Gasteiger partial charge in [0.05, 0.1) is 0 Å². The quantitative estimate of drug-likeness (QED) is 0.874. The Morgan fingerprint density at radius 3 is 2.59 bits per heavy atom. The number of hydrogen-bond acceptors (Lipinski definition) is 4. The van der Waals surface area contributed by atoms with E-state index in [-0.39, 0.29) is 6.61 Å². The summed E-state index contributed by atoms with van der Waals surface area (Å²) < 4.78 is 5.58.